The molecule has 0 aliphatic heterocycles. The molecule has 0 N–H and O–H groups in total. The van der Waals surface area contributed by atoms with E-state index in [0.29, 0.717) is 0 Å². The van der Waals surface area contributed by atoms with E-state index in [4.69, 9.17) is 4.98 Å². The molecule has 0 unspecified atom stereocenters. The van der Waals surface area contributed by atoms with Gasteiger partial charge in [-0.15, -0.1) is 0 Å². The third kappa shape index (κ3) is 2.73. The van der Waals surface area contributed by atoms with E-state index in [1.54, 1.807) is 0 Å². The SMILES string of the molecule is BrCCN(Cc1ccc2ccccc2n1)C1CC1. The summed E-state index contributed by atoms with van der Waals surface area (Å²) in [6.45, 7) is 2.08. The summed E-state index contributed by atoms with van der Waals surface area (Å²) in [5.74, 6) is 0. The molecule has 1 aliphatic rings. The first-order valence-corrected chi connectivity index (χ1v) is 7.63. The molecule has 2 aromatic rings. The van der Waals surface area contributed by atoms with Gasteiger partial charge in [0.05, 0.1) is 11.2 Å². The molecule has 1 aromatic heterocycles. The molecule has 94 valence electrons. The molecular weight excluding hydrogens is 288 g/mol. The number of aromatic nitrogens is 1. The van der Waals surface area contributed by atoms with Crippen molar-refractivity contribution in [3.05, 3.63) is 42.1 Å². The highest BCUT2D eigenvalue weighted by Gasteiger charge is 2.28. The predicted molar refractivity (Wildman–Crippen MR) is 79.0 cm³/mol. The summed E-state index contributed by atoms with van der Waals surface area (Å²) < 4.78 is 0. The molecule has 1 fully saturated rings. The van der Waals surface area contributed by atoms with E-state index in [2.05, 4.69) is 57.2 Å². The van der Waals surface area contributed by atoms with Gasteiger partial charge in [-0.25, -0.2) is 0 Å². The molecule has 1 saturated carbocycles. The van der Waals surface area contributed by atoms with E-state index in [9.17, 15) is 0 Å². The Balaban J connectivity index is 1.80. The second-order valence-corrected chi connectivity index (χ2v) is 5.68. The molecule has 0 bridgehead atoms. The molecule has 0 saturated heterocycles. The highest BCUT2D eigenvalue weighted by atomic mass is 79.9. The van der Waals surface area contributed by atoms with Crippen LogP contribution in [-0.4, -0.2) is 27.8 Å². The number of benzene rings is 1. The zero-order valence-electron chi connectivity index (χ0n) is 10.3. The summed E-state index contributed by atoms with van der Waals surface area (Å²) in [5, 5.41) is 2.26. The number of nitrogens with zero attached hydrogens (tertiary/aromatic N) is 2. The zero-order valence-corrected chi connectivity index (χ0v) is 11.9. The molecule has 0 amide bonds. The van der Waals surface area contributed by atoms with Crippen LogP contribution in [0.5, 0.6) is 0 Å². The first-order valence-electron chi connectivity index (χ1n) is 6.51. The quantitative estimate of drug-likeness (QED) is 0.785. The maximum Gasteiger partial charge on any atom is 0.0705 e. The highest BCUT2D eigenvalue weighted by Crippen LogP contribution is 2.28. The number of fused-ring (bicyclic) bond motifs is 1. The molecule has 2 nitrogen and oxygen atoms in total. The second-order valence-electron chi connectivity index (χ2n) is 4.89. The van der Waals surface area contributed by atoms with E-state index in [1.807, 2.05) is 0 Å². The molecular formula is C15H17BrN2. The van der Waals surface area contributed by atoms with E-state index in [-0.39, 0.29) is 0 Å². The van der Waals surface area contributed by atoms with Gasteiger partial charge in [-0.2, -0.15) is 0 Å². The summed E-state index contributed by atoms with van der Waals surface area (Å²) >= 11 is 3.54. The van der Waals surface area contributed by atoms with Crippen molar-refractivity contribution in [3.63, 3.8) is 0 Å². The first-order chi connectivity index (χ1) is 8.86. The van der Waals surface area contributed by atoms with Crippen LogP contribution in [0, 0.1) is 0 Å². The van der Waals surface area contributed by atoms with Crippen LogP contribution in [0.1, 0.15) is 18.5 Å². The van der Waals surface area contributed by atoms with Crippen molar-refractivity contribution < 1.29 is 0 Å². The standard InChI is InChI=1S/C15H17BrN2/c16-9-10-18(14-7-8-14)11-13-6-5-12-3-1-2-4-15(12)17-13/h1-6,14H,7-11H2. The Labute approximate surface area is 116 Å². The number of hydrogen-bond acceptors (Lipinski definition) is 2. The topological polar surface area (TPSA) is 16.1 Å². The van der Waals surface area contributed by atoms with Gasteiger partial charge >= 0.3 is 0 Å². The number of hydrogen-bond donors (Lipinski definition) is 0. The van der Waals surface area contributed by atoms with E-state index >= 15 is 0 Å². The Morgan fingerprint density at radius 2 is 2.00 bits per heavy atom. The molecule has 1 aliphatic carbocycles. The summed E-state index contributed by atoms with van der Waals surface area (Å²) in [6.07, 6.45) is 2.70. The van der Waals surface area contributed by atoms with Gasteiger partial charge in [-0.3, -0.25) is 9.88 Å². The van der Waals surface area contributed by atoms with Gasteiger partial charge in [-0.1, -0.05) is 40.2 Å². The predicted octanol–water partition coefficient (Wildman–Crippen LogP) is 3.59. The number of rotatable bonds is 5. The Kier molecular flexibility index (Phi) is 3.62. The minimum atomic E-state index is 0.788. The Morgan fingerprint density at radius 3 is 2.78 bits per heavy atom. The van der Waals surface area contributed by atoms with Crippen LogP contribution in [0.15, 0.2) is 36.4 Å². The van der Waals surface area contributed by atoms with Crippen LogP contribution < -0.4 is 0 Å². The molecule has 0 spiro atoms. The maximum atomic E-state index is 4.75. The van der Waals surface area contributed by atoms with Gasteiger partial charge in [0.25, 0.3) is 0 Å². The average molecular weight is 305 g/mol. The summed E-state index contributed by atoms with van der Waals surface area (Å²) in [5.41, 5.74) is 2.28. The number of pyridine rings is 1. The lowest BCUT2D eigenvalue weighted by molar-refractivity contribution is 0.269. The molecule has 0 radical (unpaired) electrons. The molecule has 0 atom stereocenters. The van der Waals surface area contributed by atoms with Crippen LogP contribution in [0.25, 0.3) is 10.9 Å². The minimum Gasteiger partial charge on any atom is -0.294 e. The smallest absolute Gasteiger partial charge is 0.0705 e. The van der Waals surface area contributed by atoms with Gasteiger partial charge in [0.2, 0.25) is 0 Å². The van der Waals surface area contributed by atoms with Crippen LogP contribution in [0.4, 0.5) is 0 Å². The van der Waals surface area contributed by atoms with Crippen molar-refractivity contribution in [2.75, 3.05) is 11.9 Å². The Hall–Kier alpha value is -0.930. The van der Waals surface area contributed by atoms with Gasteiger partial charge in [0, 0.05) is 29.8 Å². The van der Waals surface area contributed by atoms with Gasteiger partial charge < -0.3 is 0 Å². The van der Waals surface area contributed by atoms with Crippen molar-refractivity contribution >= 4 is 26.8 Å². The fourth-order valence-corrected chi connectivity index (χ4v) is 2.80. The molecule has 1 aromatic carbocycles. The summed E-state index contributed by atoms with van der Waals surface area (Å²) in [6, 6.07) is 13.4. The number of alkyl halides is 1. The van der Waals surface area contributed by atoms with E-state index in [0.717, 1.165) is 30.0 Å². The monoisotopic (exact) mass is 304 g/mol. The van der Waals surface area contributed by atoms with Crippen molar-refractivity contribution in [3.8, 4) is 0 Å². The largest absolute Gasteiger partial charge is 0.294 e. The molecule has 3 heteroatoms. The maximum absolute atomic E-state index is 4.75. The van der Waals surface area contributed by atoms with Crippen LogP contribution in [0.3, 0.4) is 0 Å². The first kappa shape index (κ1) is 12.1. The lowest BCUT2D eigenvalue weighted by atomic mass is 10.2. The molecule has 18 heavy (non-hydrogen) atoms. The van der Waals surface area contributed by atoms with Gasteiger partial charge in [-0.05, 0) is 25.0 Å². The number of para-hydroxylation sites is 1. The van der Waals surface area contributed by atoms with E-state index < -0.39 is 0 Å². The van der Waals surface area contributed by atoms with Crippen molar-refractivity contribution in [1.82, 2.24) is 9.88 Å². The van der Waals surface area contributed by atoms with E-state index in [1.165, 1.54) is 23.9 Å². The summed E-state index contributed by atoms with van der Waals surface area (Å²) in [7, 11) is 0. The Bertz CT molecular complexity index is 537. The average Bonchev–Trinajstić information content (AvgIpc) is 3.22. The van der Waals surface area contributed by atoms with Gasteiger partial charge in [0.15, 0.2) is 0 Å². The fourth-order valence-electron chi connectivity index (χ4n) is 2.34. The lowest BCUT2D eigenvalue weighted by Crippen LogP contribution is -2.27. The summed E-state index contributed by atoms with van der Waals surface area (Å²) in [4.78, 5) is 7.28. The third-order valence-corrected chi connectivity index (χ3v) is 3.81. The minimum absolute atomic E-state index is 0.788. The fraction of sp³-hybridized carbons (Fsp3) is 0.400. The molecule has 3 rings (SSSR count). The van der Waals surface area contributed by atoms with Crippen molar-refractivity contribution in [1.29, 1.82) is 0 Å². The normalized spacial score (nSPS) is 15.4. The Morgan fingerprint density at radius 1 is 1.17 bits per heavy atom. The second kappa shape index (κ2) is 5.37. The zero-order chi connectivity index (χ0) is 12.4. The third-order valence-electron chi connectivity index (χ3n) is 3.46. The van der Waals surface area contributed by atoms with Crippen LogP contribution >= 0.6 is 15.9 Å². The number of halogens is 1. The van der Waals surface area contributed by atoms with Crippen LogP contribution in [0.2, 0.25) is 0 Å². The molecule has 1 heterocycles. The van der Waals surface area contributed by atoms with Crippen LogP contribution in [-0.2, 0) is 6.54 Å². The van der Waals surface area contributed by atoms with Gasteiger partial charge in [0.1, 0.15) is 0 Å². The lowest BCUT2D eigenvalue weighted by Gasteiger charge is -2.20. The van der Waals surface area contributed by atoms with Crippen molar-refractivity contribution in [2.24, 2.45) is 0 Å². The highest BCUT2D eigenvalue weighted by molar-refractivity contribution is 9.09. The van der Waals surface area contributed by atoms with Crippen molar-refractivity contribution in [2.45, 2.75) is 25.4 Å².